The molecule has 2 heterocycles. The number of pyridine rings is 1. The Morgan fingerprint density at radius 3 is 2.93 bits per heavy atom. The van der Waals surface area contributed by atoms with Crippen molar-refractivity contribution < 1.29 is 4.42 Å². The van der Waals surface area contributed by atoms with Gasteiger partial charge < -0.3 is 4.42 Å². The molecule has 0 aliphatic carbocycles. The average Bonchev–Trinajstić information content (AvgIpc) is 2.55. The maximum absolute atomic E-state index is 5.60. The summed E-state index contributed by atoms with van der Waals surface area (Å²) >= 11 is 3.55. The number of nitrogens with zero attached hydrogens (tertiary/aromatic N) is 1. The number of halogens is 1. The summed E-state index contributed by atoms with van der Waals surface area (Å²) in [4.78, 5) is 4.35. The van der Waals surface area contributed by atoms with Crippen molar-refractivity contribution in [1.82, 2.24) is 4.98 Å². The number of fused-ring (bicyclic) bond motifs is 3. The van der Waals surface area contributed by atoms with Crippen LogP contribution in [0.2, 0.25) is 0 Å². The first-order valence-corrected chi connectivity index (χ1v) is 5.49. The molecule has 0 N–H and O–H groups in total. The lowest BCUT2D eigenvalue weighted by Gasteiger charge is -1.97. The van der Waals surface area contributed by atoms with Gasteiger partial charge in [-0.25, -0.2) is 0 Å². The van der Waals surface area contributed by atoms with Gasteiger partial charge in [0.05, 0.1) is 16.2 Å². The molecule has 15 heavy (non-hydrogen) atoms. The Balaban J connectivity index is 2.63. The van der Waals surface area contributed by atoms with E-state index in [4.69, 9.17) is 4.42 Å². The van der Waals surface area contributed by atoms with Crippen molar-refractivity contribution in [2.75, 3.05) is 0 Å². The number of hydrogen-bond acceptors (Lipinski definition) is 2. The van der Waals surface area contributed by atoms with Crippen molar-refractivity contribution in [3.05, 3.63) is 40.7 Å². The van der Waals surface area contributed by atoms with Crippen molar-refractivity contribution in [3.8, 4) is 0 Å². The standard InChI is InChI=1S/C12H8BrNO/c1-7-12(13)11-8-4-2-3-5-9(8)14-6-10(11)15-7/h2-6H,1H3. The van der Waals surface area contributed by atoms with E-state index in [1.165, 1.54) is 0 Å². The minimum absolute atomic E-state index is 0.832. The summed E-state index contributed by atoms with van der Waals surface area (Å²) in [5, 5.41) is 2.23. The van der Waals surface area contributed by atoms with Crippen molar-refractivity contribution in [2.45, 2.75) is 6.92 Å². The summed E-state index contributed by atoms with van der Waals surface area (Å²) < 4.78 is 6.62. The van der Waals surface area contributed by atoms with E-state index in [9.17, 15) is 0 Å². The van der Waals surface area contributed by atoms with Gasteiger partial charge in [-0.1, -0.05) is 18.2 Å². The van der Waals surface area contributed by atoms with E-state index >= 15 is 0 Å². The average molecular weight is 262 g/mol. The van der Waals surface area contributed by atoms with Crippen LogP contribution in [0.4, 0.5) is 0 Å². The number of para-hydroxylation sites is 1. The fourth-order valence-electron chi connectivity index (χ4n) is 1.81. The van der Waals surface area contributed by atoms with Gasteiger partial charge in [0.25, 0.3) is 0 Å². The molecule has 0 aliphatic rings. The number of rotatable bonds is 0. The van der Waals surface area contributed by atoms with Crippen molar-refractivity contribution in [2.24, 2.45) is 0 Å². The summed E-state index contributed by atoms with van der Waals surface area (Å²) in [6.07, 6.45) is 1.77. The molecule has 0 spiro atoms. The second-order valence-electron chi connectivity index (χ2n) is 3.49. The van der Waals surface area contributed by atoms with Gasteiger partial charge in [-0.15, -0.1) is 0 Å². The van der Waals surface area contributed by atoms with Crippen LogP contribution in [0.5, 0.6) is 0 Å². The first kappa shape index (κ1) is 8.92. The van der Waals surface area contributed by atoms with Crippen LogP contribution in [0.3, 0.4) is 0 Å². The molecule has 2 nitrogen and oxygen atoms in total. The summed E-state index contributed by atoms with van der Waals surface area (Å²) in [5.41, 5.74) is 1.82. The molecular weight excluding hydrogens is 254 g/mol. The second-order valence-corrected chi connectivity index (χ2v) is 4.28. The van der Waals surface area contributed by atoms with Crippen LogP contribution in [-0.4, -0.2) is 4.98 Å². The molecule has 3 rings (SSSR count). The molecule has 3 heteroatoms. The highest BCUT2D eigenvalue weighted by Gasteiger charge is 2.11. The Morgan fingerprint density at radius 1 is 1.27 bits per heavy atom. The summed E-state index contributed by atoms with van der Waals surface area (Å²) in [6.45, 7) is 1.94. The largest absolute Gasteiger partial charge is 0.458 e. The minimum Gasteiger partial charge on any atom is -0.458 e. The van der Waals surface area contributed by atoms with Crippen LogP contribution in [0.1, 0.15) is 5.76 Å². The molecule has 0 fully saturated rings. The quantitative estimate of drug-likeness (QED) is 0.610. The molecular formula is C12H8BrNO. The number of benzene rings is 1. The van der Waals surface area contributed by atoms with Crippen LogP contribution in [0, 0.1) is 6.92 Å². The molecule has 0 saturated heterocycles. The van der Waals surface area contributed by atoms with E-state index in [0.717, 1.165) is 32.1 Å². The van der Waals surface area contributed by atoms with E-state index in [2.05, 4.69) is 27.0 Å². The van der Waals surface area contributed by atoms with E-state index in [1.807, 2.05) is 25.1 Å². The lowest BCUT2D eigenvalue weighted by molar-refractivity contribution is 0.575. The first-order valence-electron chi connectivity index (χ1n) is 4.70. The molecule has 1 aromatic carbocycles. The van der Waals surface area contributed by atoms with Gasteiger partial charge in [0.1, 0.15) is 5.76 Å². The highest BCUT2D eigenvalue weighted by Crippen LogP contribution is 2.34. The molecule has 0 amide bonds. The Morgan fingerprint density at radius 2 is 2.07 bits per heavy atom. The monoisotopic (exact) mass is 261 g/mol. The van der Waals surface area contributed by atoms with Crippen LogP contribution in [0.25, 0.3) is 21.9 Å². The van der Waals surface area contributed by atoms with Crippen molar-refractivity contribution >= 4 is 37.8 Å². The third kappa shape index (κ3) is 1.20. The highest BCUT2D eigenvalue weighted by molar-refractivity contribution is 9.10. The van der Waals surface area contributed by atoms with Gasteiger partial charge in [0, 0.05) is 10.8 Å². The summed E-state index contributed by atoms with van der Waals surface area (Å²) in [5.74, 6) is 0.892. The Kier molecular flexibility index (Phi) is 1.83. The molecule has 0 saturated carbocycles. The maximum atomic E-state index is 5.60. The van der Waals surface area contributed by atoms with E-state index in [-0.39, 0.29) is 0 Å². The molecule has 0 aliphatic heterocycles. The third-order valence-electron chi connectivity index (χ3n) is 2.53. The lowest BCUT2D eigenvalue weighted by atomic mass is 10.1. The zero-order valence-electron chi connectivity index (χ0n) is 8.12. The predicted octanol–water partition coefficient (Wildman–Crippen LogP) is 4.05. The Labute approximate surface area is 95.0 Å². The molecule has 0 bridgehead atoms. The van der Waals surface area contributed by atoms with Crippen LogP contribution in [-0.2, 0) is 0 Å². The van der Waals surface area contributed by atoms with E-state index < -0.39 is 0 Å². The van der Waals surface area contributed by atoms with Crippen LogP contribution < -0.4 is 0 Å². The van der Waals surface area contributed by atoms with Gasteiger partial charge >= 0.3 is 0 Å². The smallest absolute Gasteiger partial charge is 0.154 e. The maximum Gasteiger partial charge on any atom is 0.154 e. The number of aryl methyl sites for hydroxylation is 1. The Bertz CT molecular complexity index is 657. The SMILES string of the molecule is Cc1oc2cnc3ccccc3c2c1Br. The molecule has 0 unspecified atom stereocenters. The minimum atomic E-state index is 0.832. The summed E-state index contributed by atoms with van der Waals surface area (Å²) in [7, 11) is 0. The number of aromatic nitrogens is 1. The predicted molar refractivity (Wildman–Crippen MR) is 64.0 cm³/mol. The van der Waals surface area contributed by atoms with Gasteiger partial charge in [0.15, 0.2) is 5.58 Å². The van der Waals surface area contributed by atoms with Gasteiger partial charge in [-0.05, 0) is 28.9 Å². The van der Waals surface area contributed by atoms with Gasteiger partial charge in [-0.3, -0.25) is 4.98 Å². The highest BCUT2D eigenvalue weighted by atomic mass is 79.9. The topological polar surface area (TPSA) is 26.0 Å². The van der Waals surface area contributed by atoms with Crippen LogP contribution in [0.15, 0.2) is 39.4 Å². The number of hydrogen-bond donors (Lipinski definition) is 0. The summed E-state index contributed by atoms with van der Waals surface area (Å²) in [6, 6.07) is 8.06. The Hall–Kier alpha value is -1.35. The molecule has 0 radical (unpaired) electrons. The molecule has 3 aromatic rings. The molecule has 2 aromatic heterocycles. The fraction of sp³-hybridized carbons (Fsp3) is 0.0833. The zero-order valence-corrected chi connectivity index (χ0v) is 9.71. The second kappa shape index (κ2) is 3.07. The van der Waals surface area contributed by atoms with Crippen LogP contribution >= 0.6 is 15.9 Å². The normalized spacial score (nSPS) is 11.3. The van der Waals surface area contributed by atoms with E-state index in [1.54, 1.807) is 6.20 Å². The molecule has 0 atom stereocenters. The first-order chi connectivity index (χ1) is 7.27. The fourth-order valence-corrected chi connectivity index (χ4v) is 2.30. The zero-order chi connectivity index (χ0) is 10.4. The van der Waals surface area contributed by atoms with Gasteiger partial charge in [0.2, 0.25) is 0 Å². The van der Waals surface area contributed by atoms with Gasteiger partial charge in [-0.2, -0.15) is 0 Å². The van der Waals surface area contributed by atoms with Crippen molar-refractivity contribution in [3.63, 3.8) is 0 Å². The molecule has 74 valence electrons. The third-order valence-corrected chi connectivity index (χ3v) is 3.49. The lowest BCUT2D eigenvalue weighted by Crippen LogP contribution is -1.78. The number of furan rings is 1. The van der Waals surface area contributed by atoms with E-state index in [0.29, 0.717) is 0 Å². The van der Waals surface area contributed by atoms with Crippen molar-refractivity contribution in [1.29, 1.82) is 0 Å².